The second kappa shape index (κ2) is 7.44. The molecule has 1 aromatic heterocycles. The van der Waals surface area contributed by atoms with Crippen LogP contribution in [0.5, 0.6) is 0 Å². The quantitative estimate of drug-likeness (QED) is 0.771. The Kier molecular flexibility index (Phi) is 4.90. The van der Waals surface area contributed by atoms with E-state index in [1.54, 1.807) is 17.8 Å². The summed E-state index contributed by atoms with van der Waals surface area (Å²) >= 11 is 1.58. The van der Waals surface area contributed by atoms with Gasteiger partial charge in [0.2, 0.25) is 0 Å². The SMILES string of the molecule is N#Cc1ccc(C(=O)Nc2ccccc2Sc2ccccc2)cn1. The van der Waals surface area contributed by atoms with Crippen LogP contribution in [0.1, 0.15) is 16.1 Å². The van der Waals surface area contributed by atoms with Crippen LogP contribution in [-0.4, -0.2) is 10.9 Å². The van der Waals surface area contributed by atoms with Crippen LogP contribution >= 0.6 is 11.8 Å². The number of hydrogen-bond donors (Lipinski definition) is 1. The average Bonchev–Trinajstić information content (AvgIpc) is 2.64. The topological polar surface area (TPSA) is 65.8 Å². The number of para-hydroxylation sites is 1. The van der Waals surface area contributed by atoms with E-state index in [9.17, 15) is 4.79 Å². The predicted octanol–water partition coefficient (Wildman–Crippen LogP) is 4.36. The van der Waals surface area contributed by atoms with E-state index in [-0.39, 0.29) is 11.6 Å². The van der Waals surface area contributed by atoms with Crippen molar-refractivity contribution in [2.75, 3.05) is 5.32 Å². The highest BCUT2D eigenvalue weighted by molar-refractivity contribution is 7.99. The molecule has 1 N–H and O–H groups in total. The molecule has 5 heteroatoms. The van der Waals surface area contributed by atoms with Crippen molar-refractivity contribution in [3.8, 4) is 6.07 Å². The van der Waals surface area contributed by atoms with Crippen molar-refractivity contribution in [2.45, 2.75) is 9.79 Å². The minimum absolute atomic E-state index is 0.256. The van der Waals surface area contributed by atoms with Crippen molar-refractivity contribution < 1.29 is 4.79 Å². The van der Waals surface area contributed by atoms with E-state index in [1.165, 1.54) is 12.3 Å². The van der Waals surface area contributed by atoms with Gasteiger partial charge in [-0.05, 0) is 36.4 Å². The van der Waals surface area contributed by atoms with Crippen molar-refractivity contribution in [3.05, 3.63) is 84.2 Å². The van der Waals surface area contributed by atoms with Crippen LogP contribution in [0.4, 0.5) is 5.69 Å². The lowest BCUT2D eigenvalue weighted by molar-refractivity contribution is 0.102. The normalized spacial score (nSPS) is 9.96. The Balaban J connectivity index is 1.79. The fourth-order valence-corrected chi connectivity index (χ4v) is 2.99. The Bertz CT molecular complexity index is 886. The first-order valence-corrected chi connectivity index (χ1v) is 8.07. The van der Waals surface area contributed by atoms with Crippen LogP contribution in [-0.2, 0) is 0 Å². The maximum Gasteiger partial charge on any atom is 0.257 e. The number of anilines is 1. The second-order valence-electron chi connectivity index (χ2n) is 4.91. The number of carbonyl (C=O) groups is 1. The zero-order valence-corrected chi connectivity index (χ0v) is 13.5. The van der Waals surface area contributed by atoms with Gasteiger partial charge in [0.25, 0.3) is 5.91 Å². The molecule has 0 aliphatic rings. The molecule has 1 amide bonds. The lowest BCUT2D eigenvalue weighted by Gasteiger charge is -2.10. The number of amides is 1. The van der Waals surface area contributed by atoms with Crippen molar-refractivity contribution in [2.24, 2.45) is 0 Å². The monoisotopic (exact) mass is 331 g/mol. The molecule has 0 aliphatic heterocycles. The molecule has 0 radical (unpaired) electrons. The van der Waals surface area contributed by atoms with Crippen LogP contribution < -0.4 is 5.32 Å². The van der Waals surface area contributed by atoms with Gasteiger partial charge in [-0.15, -0.1) is 0 Å². The highest BCUT2D eigenvalue weighted by atomic mass is 32.2. The Hall–Kier alpha value is -3.10. The van der Waals surface area contributed by atoms with Crippen LogP contribution in [0.2, 0.25) is 0 Å². The number of benzene rings is 2. The first-order chi connectivity index (χ1) is 11.8. The summed E-state index contributed by atoms with van der Waals surface area (Å²) in [6, 6.07) is 22.7. The van der Waals surface area contributed by atoms with Gasteiger partial charge in [0.1, 0.15) is 11.8 Å². The third-order valence-corrected chi connectivity index (χ3v) is 4.33. The molecular weight excluding hydrogens is 318 g/mol. The lowest BCUT2D eigenvalue weighted by Crippen LogP contribution is -2.12. The first-order valence-electron chi connectivity index (χ1n) is 7.26. The number of hydrogen-bond acceptors (Lipinski definition) is 4. The maximum absolute atomic E-state index is 12.4. The van der Waals surface area contributed by atoms with Gasteiger partial charge in [0.05, 0.1) is 11.3 Å². The highest BCUT2D eigenvalue weighted by Gasteiger charge is 2.10. The number of aromatic nitrogens is 1. The fourth-order valence-electron chi connectivity index (χ4n) is 2.06. The minimum Gasteiger partial charge on any atom is -0.321 e. The van der Waals surface area contributed by atoms with Crippen LogP contribution in [0.25, 0.3) is 0 Å². The van der Waals surface area contributed by atoms with Gasteiger partial charge in [-0.2, -0.15) is 5.26 Å². The molecule has 0 bridgehead atoms. The number of nitrogens with one attached hydrogen (secondary N) is 1. The highest BCUT2D eigenvalue weighted by Crippen LogP contribution is 2.33. The summed E-state index contributed by atoms with van der Waals surface area (Å²) < 4.78 is 0. The lowest BCUT2D eigenvalue weighted by atomic mass is 10.2. The molecule has 1 heterocycles. The molecule has 116 valence electrons. The smallest absolute Gasteiger partial charge is 0.257 e. The molecular formula is C19H13N3OS. The molecule has 0 saturated carbocycles. The molecule has 24 heavy (non-hydrogen) atoms. The van der Waals surface area contributed by atoms with Gasteiger partial charge in [0.15, 0.2) is 0 Å². The van der Waals surface area contributed by atoms with Crippen molar-refractivity contribution >= 4 is 23.4 Å². The van der Waals surface area contributed by atoms with E-state index < -0.39 is 0 Å². The second-order valence-corrected chi connectivity index (χ2v) is 6.02. The Morgan fingerprint density at radius 2 is 1.75 bits per heavy atom. The molecule has 0 atom stereocenters. The van der Waals surface area contributed by atoms with E-state index in [1.807, 2.05) is 60.7 Å². The predicted molar refractivity (Wildman–Crippen MR) is 93.9 cm³/mol. The zero-order chi connectivity index (χ0) is 16.8. The van der Waals surface area contributed by atoms with E-state index >= 15 is 0 Å². The van der Waals surface area contributed by atoms with Crippen LogP contribution in [0.3, 0.4) is 0 Å². The standard InChI is InChI=1S/C19H13N3OS/c20-12-15-11-10-14(13-21-15)19(23)22-17-8-4-5-9-18(17)24-16-6-2-1-3-7-16/h1-11,13H,(H,22,23). The van der Waals surface area contributed by atoms with E-state index in [0.29, 0.717) is 5.56 Å². The molecule has 3 aromatic rings. The molecule has 3 rings (SSSR count). The van der Waals surface area contributed by atoms with Crippen molar-refractivity contribution in [1.29, 1.82) is 5.26 Å². The molecule has 0 unspecified atom stereocenters. The number of pyridine rings is 1. The molecule has 4 nitrogen and oxygen atoms in total. The van der Waals surface area contributed by atoms with Gasteiger partial charge in [-0.1, -0.05) is 42.1 Å². The van der Waals surface area contributed by atoms with Crippen molar-refractivity contribution in [1.82, 2.24) is 4.98 Å². The maximum atomic E-state index is 12.4. The third kappa shape index (κ3) is 3.80. The van der Waals surface area contributed by atoms with Gasteiger partial charge >= 0.3 is 0 Å². The fraction of sp³-hybridized carbons (Fsp3) is 0. The molecule has 0 fully saturated rings. The van der Waals surface area contributed by atoms with E-state index in [4.69, 9.17) is 5.26 Å². The van der Waals surface area contributed by atoms with Crippen LogP contribution in [0, 0.1) is 11.3 Å². The van der Waals surface area contributed by atoms with Gasteiger partial charge in [-0.25, -0.2) is 4.98 Å². The zero-order valence-electron chi connectivity index (χ0n) is 12.6. The summed E-state index contributed by atoms with van der Waals surface area (Å²) in [7, 11) is 0. The summed E-state index contributed by atoms with van der Waals surface area (Å²) in [4.78, 5) is 18.4. The minimum atomic E-state index is -0.256. The number of nitrogens with zero attached hydrogens (tertiary/aromatic N) is 2. The number of carbonyl (C=O) groups excluding carboxylic acids is 1. The molecule has 0 aliphatic carbocycles. The molecule has 0 saturated heterocycles. The number of rotatable bonds is 4. The molecule has 0 spiro atoms. The Morgan fingerprint density at radius 3 is 2.46 bits per heavy atom. The summed E-state index contributed by atoms with van der Waals surface area (Å²) in [5.41, 5.74) is 1.43. The molecule has 2 aromatic carbocycles. The van der Waals surface area contributed by atoms with Crippen LogP contribution in [0.15, 0.2) is 82.7 Å². The Morgan fingerprint density at radius 1 is 1.00 bits per heavy atom. The average molecular weight is 331 g/mol. The van der Waals surface area contributed by atoms with Gasteiger partial charge in [0, 0.05) is 16.0 Å². The van der Waals surface area contributed by atoms with E-state index in [2.05, 4.69) is 10.3 Å². The van der Waals surface area contributed by atoms with E-state index in [0.717, 1.165) is 15.5 Å². The first kappa shape index (κ1) is 15.8. The summed E-state index contributed by atoms with van der Waals surface area (Å²) in [5, 5.41) is 11.7. The third-order valence-electron chi connectivity index (χ3n) is 3.25. The summed E-state index contributed by atoms with van der Waals surface area (Å²) in [5.74, 6) is -0.256. The summed E-state index contributed by atoms with van der Waals surface area (Å²) in [6.07, 6.45) is 1.40. The largest absolute Gasteiger partial charge is 0.321 e. The van der Waals surface area contributed by atoms with Gasteiger partial charge < -0.3 is 5.32 Å². The number of nitriles is 1. The Labute approximate surface area is 144 Å². The summed E-state index contributed by atoms with van der Waals surface area (Å²) in [6.45, 7) is 0. The van der Waals surface area contributed by atoms with Crippen molar-refractivity contribution in [3.63, 3.8) is 0 Å². The van der Waals surface area contributed by atoms with Gasteiger partial charge in [-0.3, -0.25) is 4.79 Å².